The Morgan fingerprint density at radius 1 is 1.33 bits per heavy atom. The summed E-state index contributed by atoms with van der Waals surface area (Å²) < 4.78 is 0. The summed E-state index contributed by atoms with van der Waals surface area (Å²) in [6, 6.07) is 1.46. The molecule has 2 heterocycles. The van der Waals surface area contributed by atoms with Gasteiger partial charge < -0.3 is 11.1 Å². The molecule has 0 saturated carbocycles. The summed E-state index contributed by atoms with van der Waals surface area (Å²) in [5.41, 5.74) is 5.75. The number of rotatable bonds is 2. The van der Waals surface area contributed by atoms with Crippen LogP contribution >= 0.6 is 0 Å². The molecule has 2 fully saturated rings. The molecule has 2 aliphatic rings. The lowest BCUT2D eigenvalue weighted by atomic mass is 9.98. The number of nitrogens with zero attached hydrogens (tertiary/aromatic N) is 1. The highest BCUT2D eigenvalue weighted by Crippen LogP contribution is 2.20. The molecule has 12 heavy (non-hydrogen) atoms. The van der Waals surface area contributed by atoms with Gasteiger partial charge in [0.2, 0.25) is 0 Å². The molecule has 2 saturated heterocycles. The Balaban J connectivity index is 1.90. The van der Waals surface area contributed by atoms with E-state index >= 15 is 0 Å². The molecule has 0 radical (unpaired) electrons. The van der Waals surface area contributed by atoms with Crippen LogP contribution < -0.4 is 11.1 Å². The van der Waals surface area contributed by atoms with Crippen molar-refractivity contribution in [3.63, 3.8) is 0 Å². The number of likely N-dealkylation sites (tertiary alicyclic amines) is 1. The van der Waals surface area contributed by atoms with E-state index in [1.165, 1.54) is 38.9 Å². The molecule has 0 aromatic carbocycles. The van der Waals surface area contributed by atoms with Crippen LogP contribution in [0.15, 0.2) is 0 Å². The molecule has 0 amide bonds. The monoisotopic (exact) mass is 169 g/mol. The molecule has 2 rings (SSSR count). The maximum atomic E-state index is 5.75. The van der Waals surface area contributed by atoms with Gasteiger partial charge in [0.1, 0.15) is 0 Å². The third-order valence-electron chi connectivity index (χ3n) is 3.17. The standard InChI is InChI=1S/C9H19N3/c10-5-8-3-1-2-4-12(8)9-6-11-7-9/h8-9,11H,1-7,10H2. The largest absolute Gasteiger partial charge is 0.329 e. The Bertz CT molecular complexity index is 145. The fourth-order valence-corrected chi connectivity index (χ4v) is 2.26. The smallest absolute Gasteiger partial charge is 0.0348 e. The molecule has 1 atom stereocenters. The molecular weight excluding hydrogens is 150 g/mol. The summed E-state index contributed by atoms with van der Waals surface area (Å²) in [6.07, 6.45) is 4.05. The first-order valence-corrected chi connectivity index (χ1v) is 5.08. The minimum absolute atomic E-state index is 0.672. The number of nitrogens with one attached hydrogen (secondary N) is 1. The minimum Gasteiger partial charge on any atom is -0.329 e. The van der Waals surface area contributed by atoms with E-state index in [4.69, 9.17) is 5.73 Å². The number of hydrogen-bond donors (Lipinski definition) is 2. The van der Waals surface area contributed by atoms with Crippen molar-refractivity contribution >= 4 is 0 Å². The zero-order chi connectivity index (χ0) is 8.39. The third kappa shape index (κ3) is 1.49. The van der Waals surface area contributed by atoms with Gasteiger partial charge in [-0.1, -0.05) is 6.42 Å². The van der Waals surface area contributed by atoms with E-state index in [9.17, 15) is 0 Å². The van der Waals surface area contributed by atoms with Gasteiger partial charge in [0, 0.05) is 31.7 Å². The minimum atomic E-state index is 0.672. The van der Waals surface area contributed by atoms with Crippen molar-refractivity contribution in [2.24, 2.45) is 5.73 Å². The van der Waals surface area contributed by atoms with Crippen LogP contribution in [0.4, 0.5) is 0 Å². The molecule has 1 unspecified atom stereocenters. The molecule has 0 spiro atoms. The molecule has 0 bridgehead atoms. The van der Waals surface area contributed by atoms with Crippen molar-refractivity contribution in [3.8, 4) is 0 Å². The molecule has 3 heteroatoms. The summed E-state index contributed by atoms with van der Waals surface area (Å²) in [6.45, 7) is 4.47. The second kappa shape index (κ2) is 3.73. The average molecular weight is 169 g/mol. The number of hydrogen-bond acceptors (Lipinski definition) is 3. The number of nitrogens with two attached hydrogens (primary N) is 1. The van der Waals surface area contributed by atoms with Crippen molar-refractivity contribution in [3.05, 3.63) is 0 Å². The van der Waals surface area contributed by atoms with Crippen LogP contribution in [0, 0.1) is 0 Å². The highest BCUT2D eigenvalue weighted by atomic mass is 15.3. The normalized spacial score (nSPS) is 33.2. The van der Waals surface area contributed by atoms with Gasteiger partial charge in [-0.3, -0.25) is 4.90 Å². The van der Waals surface area contributed by atoms with Crippen LogP contribution in [0.5, 0.6) is 0 Å². The van der Waals surface area contributed by atoms with Gasteiger partial charge in [-0.2, -0.15) is 0 Å². The second-order valence-electron chi connectivity index (χ2n) is 3.94. The second-order valence-corrected chi connectivity index (χ2v) is 3.94. The van der Waals surface area contributed by atoms with E-state index in [2.05, 4.69) is 10.2 Å². The van der Waals surface area contributed by atoms with E-state index in [0.29, 0.717) is 6.04 Å². The molecule has 3 nitrogen and oxygen atoms in total. The van der Waals surface area contributed by atoms with E-state index in [1.807, 2.05) is 0 Å². The van der Waals surface area contributed by atoms with Crippen LogP contribution in [0.2, 0.25) is 0 Å². The van der Waals surface area contributed by atoms with Crippen LogP contribution in [0.3, 0.4) is 0 Å². The van der Waals surface area contributed by atoms with Crippen molar-refractivity contribution in [1.29, 1.82) is 0 Å². The first-order valence-electron chi connectivity index (χ1n) is 5.08. The fourth-order valence-electron chi connectivity index (χ4n) is 2.26. The summed E-state index contributed by atoms with van der Waals surface area (Å²) in [5, 5.41) is 3.32. The molecule has 0 aromatic heterocycles. The van der Waals surface area contributed by atoms with Crippen LogP contribution in [-0.2, 0) is 0 Å². The van der Waals surface area contributed by atoms with Crippen LogP contribution in [-0.4, -0.2) is 43.2 Å². The molecule has 0 aromatic rings. The summed E-state index contributed by atoms with van der Waals surface area (Å²) in [4.78, 5) is 2.61. The topological polar surface area (TPSA) is 41.3 Å². The highest BCUT2D eigenvalue weighted by Gasteiger charge is 2.30. The Hall–Kier alpha value is -0.120. The SMILES string of the molecule is NCC1CCCCN1C1CNC1. The molecule has 0 aliphatic carbocycles. The molecule has 70 valence electrons. The van der Waals surface area contributed by atoms with Gasteiger partial charge in [0.05, 0.1) is 0 Å². The van der Waals surface area contributed by atoms with Gasteiger partial charge in [-0.15, -0.1) is 0 Å². The first kappa shape index (κ1) is 8.48. The average Bonchev–Trinajstić information content (AvgIpc) is 2.02. The van der Waals surface area contributed by atoms with Gasteiger partial charge in [-0.05, 0) is 19.4 Å². The molecular formula is C9H19N3. The lowest BCUT2D eigenvalue weighted by molar-refractivity contribution is 0.0691. The molecule has 2 aliphatic heterocycles. The van der Waals surface area contributed by atoms with Gasteiger partial charge >= 0.3 is 0 Å². The maximum Gasteiger partial charge on any atom is 0.0348 e. The van der Waals surface area contributed by atoms with Crippen molar-refractivity contribution in [2.45, 2.75) is 31.3 Å². The molecule has 3 N–H and O–H groups in total. The van der Waals surface area contributed by atoms with Gasteiger partial charge in [-0.25, -0.2) is 0 Å². The first-order chi connectivity index (χ1) is 5.92. The van der Waals surface area contributed by atoms with E-state index in [1.54, 1.807) is 0 Å². The zero-order valence-electron chi connectivity index (χ0n) is 7.63. The Kier molecular flexibility index (Phi) is 2.63. The summed E-state index contributed by atoms with van der Waals surface area (Å²) in [7, 11) is 0. The van der Waals surface area contributed by atoms with Crippen LogP contribution in [0.1, 0.15) is 19.3 Å². The van der Waals surface area contributed by atoms with Gasteiger partial charge in [0.25, 0.3) is 0 Å². The van der Waals surface area contributed by atoms with Crippen molar-refractivity contribution < 1.29 is 0 Å². The fraction of sp³-hybridized carbons (Fsp3) is 1.00. The highest BCUT2D eigenvalue weighted by molar-refractivity contribution is 4.90. The third-order valence-corrected chi connectivity index (χ3v) is 3.17. The lowest BCUT2D eigenvalue weighted by Crippen LogP contribution is -2.62. The number of piperidine rings is 1. The van der Waals surface area contributed by atoms with E-state index < -0.39 is 0 Å². The predicted molar refractivity (Wildman–Crippen MR) is 50.1 cm³/mol. The Morgan fingerprint density at radius 3 is 2.75 bits per heavy atom. The zero-order valence-corrected chi connectivity index (χ0v) is 7.63. The van der Waals surface area contributed by atoms with Gasteiger partial charge in [0.15, 0.2) is 0 Å². The predicted octanol–water partition coefficient (Wildman–Crippen LogP) is -0.229. The van der Waals surface area contributed by atoms with Crippen molar-refractivity contribution in [1.82, 2.24) is 10.2 Å². The lowest BCUT2D eigenvalue weighted by Gasteiger charge is -2.45. The Morgan fingerprint density at radius 2 is 2.17 bits per heavy atom. The van der Waals surface area contributed by atoms with E-state index in [0.717, 1.165) is 12.6 Å². The quantitative estimate of drug-likeness (QED) is 0.600. The Labute approximate surface area is 74.3 Å². The summed E-state index contributed by atoms with van der Waals surface area (Å²) >= 11 is 0. The van der Waals surface area contributed by atoms with Crippen molar-refractivity contribution in [2.75, 3.05) is 26.2 Å². The summed E-state index contributed by atoms with van der Waals surface area (Å²) in [5.74, 6) is 0. The van der Waals surface area contributed by atoms with Crippen LogP contribution in [0.25, 0.3) is 0 Å². The maximum absolute atomic E-state index is 5.75. The van der Waals surface area contributed by atoms with E-state index in [-0.39, 0.29) is 0 Å².